The largest absolute Gasteiger partial charge is 0.571 e. The number of nitrogens with zero attached hydrogens (tertiary/aromatic N) is 4. The number of benzene rings is 1. The third kappa shape index (κ3) is 7.13. The predicted molar refractivity (Wildman–Crippen MR) is 129 cm³/mol. The Balaban J connectivity index is 0.00000166. The maximum atomic E-state index is 13.1. The van der Waals surface area contributed by atoms with Crippen LogP contribution in [0.1, 0.15) is 20.8 Å². The molecule has 1 radical (unpaired) electrons. The van der Waals surface area contributed by atoms with Crippen molar-refractivity contribution in [3.8, 4) is 5.82 Å². The molecule has 0 aliphatic carbocycles. The zero-order valence-electron chi connectivity index (χ0n) is 16.6. The molecule has 3 aromatic rings. The van der Waals surface area contributed by atoms with Crippen molar-refractivity contribution in [1.29, 1.82) is 0 Å². The summed E-state index contributed by atoms with van der Waals surface area (Å²) >= 11 is 16.2. The van der Waals surface area contributed by atoms with E-state index in [1.165, 1.54) is 17.8 Å². The minimum Gasteiger partial charge on any atom is -0.571 e. The fourth-order valence-electron chi connectivity index (χ4n) is 2.43. The van der Waals surface area contributed by atoms with Crippen LogP contribution in [0, 0.1) is 0 Å². The van der Waals surface area contributed by atoms with E-state index in [2.05, 4.69) is 74.0 Å². The van der Waals surface area contributed by atoms with Crippen molar-refractivity contribution in [3.05, 3.63) is 71.8 Å². The number of hydrogen-bond donors (Lipinski definition) is 3. The van der Waals surface area contributed by atoms with Gasteiger partial charge >= 0.3 is 0 Å². The predicted octanol–water partition coefficient (Wildman–Crippen LogP) is 4.71. The number of hydrogen-bond acceptors (Lipinski definition) is 5. The van der Waals surface area contributed by atoms with Gasteiger partial charge in [0.1, 0.15) is 10.3 Å². The van der Waals surface area contributed by atoms with Crippen molar-refractivity contribution in [2.45, 2.75) is 0 Å². The minimum atomic E-state index is -0.518. The number of carbonyl (C=O) groups excluding carboxylic acids is 2. The van der Waals surface area contributed by atoms with Gasteiger partial charge in [0.05, 0.1) is 16.3 Å². The van der Waals surface area contributed by atoms with Gasteiger partial charge in [0.25, 0.3) is 5.91 Å². The molecule has 0 saturated heterocycles. The standard InChI is InChI=1S/C17H12Br3ClN6O2.CH4O.Y/c1-22-25-16(28)9-5-8(18)6-10(19)14(9)24-17(29)12-7-13(20)26-27(12)15-11(21)3-2-4-23-15;1-2;/h2-7H,1H3,(H3,22,24,25,26,28,29);2H,1H3;/p-1. The molecule has 1 aromatic carbocycles. The molecule has 167 valence electrons. The third-order valence-corrected chi connectivity index (χ3v) is 5.37. The zero-order valence-corrected chi connectivity index (χ0v) is 25.0. The van der Waals surface area contributed by atoms with Crippen molar-refractivity contribution in [2.24, 2.45) is 0 Å². The Morgan fingerprint density at radius 3 is 2.47 bits per heavy atom. The third-order valence-electron chi connectivity index (χ3n) is 3.60. The number of aliphatic hydroxyl groups excluding tert-OH is 1. The molecule has 0 spiro atoms. The average Bonchev–Trinajstić information content (AvgIpc) is 3.13. The Hall–Kier alpha value is -0.726. The summed E-state index contributed by atoms with van der Waals surface area (Å²) in [6, 6.07) is 8.12. The molecule has 0 fully saturated rings. The molecule has 0 aliphatic heterocycles. The van der Waals surface area contributed by atoms with E-state index in [1.54, 1.807) is 30.5 Å². The SMILES string of the molecule is CO.C[N-]NC(=O)c1cc(Br)cc(Br)c1NC(=O)c1cc(Br)nn1-c1ncccc1Cl.[Y]. The fraction of sp³-hybridized carbons (Fsp3) is 0.111. The van der Waals surface area contributed by atoms with Crippen LogP contribution in [0.5, 0.6) is 0 Å². The number of halogens is 4. The molecule has 3 rings (SSSR count). The second-order valence-electron chi connectivity index (χ2n) is 5.50. The molecule has 0 unspecified atom stereocenters. The van der Waals surface area contributed by atoms with Crippen molar-refractivity contribution in [2.75, 3.05) is 19.5 Å². The summed E-state index contributed by atoms with van der Waals surface area (Å²) in [6.07, 6.45) is 1.54. The van der Waals surface area contributed by atoms with Gasteiger partial charge in [0.15, 0.2) is 5.82 Å². The van der Waals surface area contributed by atoms with E-state index in [0.717, 1.165) is 7.11 Å². The van der Waals surface area contributed by atoms with Crippen LogP contribution in [0.2, 0.25) is 5.02 Å². The van der Waals surface area contributed by atoms with Crippen LogP contribution < -0.4 is 10.7 Å². The summed E-state index contributed by atoms with van der Waals surface area (Å²) in [7, 11) is 2.44. The Morgan fingerprint density at radius 2 is 1.84 bits per heavy atom. The number of aliphatic hydroxyl groups is 1. The summed E-state index contributed by atoms with van der Waals surface area (Å²) in [5, 5.41) is 14.3. The van der Waals surface area contributed by atoms with Crippen LogP contribution in [0.3, 0.4) is 0 Å². The van der Waals surface area contributed by atoms with Crippen LogP contribution in [0.25, 0.3) is 11.2 Å². The topological polar surface area (TPSA) is 123 Å². The maximum Gasteiger partial charge on any atom is 0.274 e. The monoisotopic (exact) mass is 724 g/mol. The maximum absolute atomic E-state index is 13.1. The summed E-state index contributed by atoms with van der Waals surface area (Å²) in [5.74, 6) is -0.703. The van der Waals surface area contributed by atoms with Gasteiger partial charge in [-0.1, -0.05) is 27.5 Å². The van der Waals surface area contributed by atoms with E-state index in [0.29, 0.717) is 24.4 Å². The van der Waals surface area contributed by atoms with Gasteiger partial charge in [0, 0.05) is 61.0 Å². The summed E-state index contributed by atoms with van der Waals surface area (Å²) in [6.45, 7) is 0. The first kappa shape index (κ1) is 29.3. The Labute approximate surface area is 239 Å². The Kier molecular flexibility index (Phi) is 12.7. The van der Waals surface area contributed by atoms with Crippen molar-refractivity contribution in [1.82, 2.24) is 20.2 Å². The molecule has 2 heterocycles. The van der Waals surface area contributed by atoms with Crippen molar-refractivity contribution < 1.29 is 47.4 Å². The second kappa shape index (κ2) is 13.9. The fourth-order valence-corrected chi connectivity index (χ4v) is 4.33. The molecular formula is C18H15Br3ClN6O3Y-. The van der Waals surface area contributed by atoms with Gasteiger partial charge in [-0.3, -0.25) is 9.59 Å². The van der Waals surface area contributed by atoms with Gasteiger partial charge in [-0.2, -0.15) is 5.10 Å². The number of aromatic nitrogens is 3. The quantitative estimate of drug-likeness (QED) is 0.329. The van der Waals surface area contributed by atoms with Crippen LogP contribution >= 0.6 is 59.4 Å². The van der Waals surface area contributed by atoms with Crippen LogP contribution in [0.15, 0.2) is 50.1 Å². The smallest absolute Gasteiger partial charge is 0.274 e. The molecule has 0 bridgehead atoms. The minimum absolute atomic E-state index is 0. The number of anilines is 1. The first-order chi connectivity index (χ1) is 14.8. The van der Waals surface area contributed by atoms with Gasteiger partial charge in [0.2, 0.25) is 5.91 Å². The first-order valence-electron chi connectivity index (χ1n) is 8.32. The van der Waals surface area contributed by atoms with E-state index < -0.39 is 11.8 Å². The molecule has 14 heteroatoms. The van der Waals surface area contributed by atoms with E-state index in [4.69, 9.17) is 16.7 Å². The van der Waals surface area contributed by atoms with Crippen molar-refractivity contribution in [3.63, 3.8) is 0 Å². The van der Waals surface area contributed by atoms with E-state index in [-0.39, 0.29) is 49.7 Å². The van der Waals surface area contributed by atoms with Crippen molar-refractivity contribution >= 4 is 76.9 Å². The van der Waals surface area contributed by atoms with E-state index >= 15 is 0 Å². The molecule has 3 N–H and O–H groups in total. The first-order valence-corrected chi connectivity index (χ1v) is 11.1. The Morgan fingerprint density at radius 1 is 1.16 bits per heavy atom. The molecular weight excluding hydrogens is 712 g/mol. The summed E-state index contributed by atoms with van der Waals surface area (Å²) < 4.78 is 2.89. The van der Waals surface area contributed by atoms with Gasteiger partial charge in [-0.15, -0.1) is 7.05 Å². The molecule has 2 aromatic heterocycles. The number of nitrogens with one attached hydrogen (secondary N) is 2. The molecule has 32 heavy (non-hydrogen) atoms. The normalized spacial score (nSPS) is 9.84. The van der Waals surface area contributed by atoms with E-state index in [9.17, 15) is 9.59 Å². The molecule has 2 amide bonds. The van der Waals surface area contributed by atoms with Crippen LogP contribution in [0.4, 0.5) is 5.69 Å². The van der Waals surface area contributed by atoms with E-state index in [1.807, 2.05) is 0 Å². The van der Waals surface area contributed by atoms with Gasteiger partial charge in [-0.25, -0.2) is 9.67 Å². The Bertz CT molecular complexity index is 1120. The molecule has 0 saturated carbocycles. The molecule has 0 atom stereocenters. The van der Waals surface area contributed by atoms with Crippen LogP contribution in [-0.2, 0) is 32.7 Å². The number of amides is 2. The van der Waals surface area contributed by atoms with Gasteiger partial charge < -0.3 is 21.3 Å². The summed E-state index contributed by atoms with van der Waals surface area (Å²) in [5.41, 5.74) is 6.64. The second-order valence-corrected chi connectivity index (χ2v) is 8.49. The van der Waals surface area contributed by atoms with Gasteiger partial charge in [-0.05, 0) is 56.1 Å². The van der Waals surface area contributed by atoms with Crippen LogP contribution in [-0.4, -0.2) is 45.8 Å². The average molecular weight is 727 g/mol. The molecule has 0 aliphatic rings. The number of pyridine rings is 1. The number of rotatable bonds is 5. The summed E-state index contributed by atoms with van der Waals surface area (Å²) in [4.78, 5) is 29.6. The zero-order chi connectivity index (χ0) is 23.1. The number of carbonyl (C=O) groups is 2. The molecule has 9 nitrogen and oxygen atoms in total.